The summed E-state index contributed by atoms with van der Waals surface area (Å²) in [4.78, 5) is 24.8. The van der Waals surface area contributed by atoms with E-state index in [-0.39, 0.29) is 23.4 Å². The molecule has 8 fully saturated rings. The van der Waals surface area contributed by atoms with Gasteiger partial charge in [0.2, 0.25) is 0 Å². The predicted molar refractivity (Wildman–Crippen MR) is 148 cm³/mol. The lowest BCUT2D eigenvalue weighted by atomic mass is 9.54. The van der Waals surface area contributed by atoms with Crippen molar-refractivity contribution in [2.75, 3.05) is 13.1 Å². The van der Waals surface area contributed by atoms with Crippen LogP contribution in [0, 0.1) is 35.5 Å². The summed E-state index contributed by atoms with van der Waals surface area (Å²) in [7, 11) is 0. The number of ether oxygens (including phenoxy) is 2. The van der Waals surface area contributed by atoms with Gasteiger partial charge in [-0.25, -0.2) is 9.59 Å². The maximum atomic E-state index is 12.4. The molecule has 8 aliphatic rings. The highest BCUT2D eigenvalue weighted by Gasteiger charge is 2.54. The van der Waals surface area contributed by atoms with E-state index in [1.807, 2.05) is 0 Å². The quantitative estimate of drug-likeness (QED) is 0.243. The van der Waals surface area contributed by atoms with Crippen LogP contribution in [0.2, 0.25) is 0 Å². The molecule has 0 aromatic rings. The number of amides is 2. The van der Waals surface area contributed by atoms with Gasteiger partial charge in [0.15, 0.2) is 0 Å². The summed E-state index contributed by atoms with van der Waals surface area (Å²) in [5, 5.41) is 6.05. The summed E-state index contributed by atoms with van der Waals surface area (Å²) < 4.78 is 12.1. The number of alkyl carbamates (subject to hydrolysis) is 2. The molecule has 8 aliphatic carbocycles. The Hall–Kier alpha value is -1.46. The highest BCUT2D eigenvalue weighted by atomic mass is 16.6. The SMILES string of the molecule is O=C(NCCCCCCCCCCNC(=O)OC12CC3CC(CC(C3)C1)C2)OC12CC3CC(CC(C3)C1)C2. The minimum Gasteiger partial charge on any atom is -0.443 e. The van der Waals surface area contributed by atoms with E-state index in [0.29, 0.717) is 0 Å². The summed E-state index contributed by atoms with van der Waals surface area (Å²) in [6, 6.07) is 0. The maximum absolute atomic E-state index is 12.4. The number of carbonyl (C=O) groups excluding carboxylic acids is 2. The van der Waals surface area contributed by atoms with Crippen LogP contribution in [0.3, 0.4) is 0 Å². The zero-order chi connectivity index (χ0) is 26.0. The molecule has 214 valence electrons. The molecule has 0 unspecified atom stereocenters. The molecule has 2 amide bonds. The lowest BCUT2D eigenvalue weighted by molar-refractivity contribution is -0.127. The van der Waals surface area contributed by atoms with E-state index >= 15 is 0 Å². The topological polar surface area (TPSA) is 76.7 Å². The van der Waals surface area contributed by atoms with Crippen molar-refractivity contribution >= 4 is 12.2 Å². The van der Waals surface area contributed by atoms with Gasteiger partial charge in [0, 0.05) is 13.1 Å². The molecule has 6 nitrogen and oxygen atoms in total. The van der Waals surface area contributed by atoms with E-state index in [1.54, 1.807) is 0 Å². The Labute approximate surface area is 230 Å². The molecule has 38 heavy (non-hydrogen) atoms. The van der Waals surface area contributed by atoms with Crippen LogP contribution in [-0.2, 0) is 9.47 Å². The van der Waals surface area contributed by atoms with Crippen molar-refractivity contribution in [3.05, 3.63) is 0 Å². The average Bonchev–Trinajstić information content (AvgIpc) is 2.82. The van der Waals surface area contributed by atoms with Crippen molar-refractivity contribution in [1.29, 1.82) is 0 Å². The molecule has 6 heteroatoms. The van der Waals surface area contributed by atoms with Crippen molar-refractivity contribution in [3.8, 4) is 0 Å². The van der Waals surface area contributed by atoms with Gasteiger partial charge in [-0.3, -0.25) is 0 Å². The fourth-order valence-electron chi connectivity index (χ4n) is 10.5. The molecule has 0 saturated heterocycles. The van der Waals surface area contributed by atoms with Gasteiger partial charge in [0.05, 0.1) is 0 Å². The average molecular weight is 529 g/mol. The number of nitrogens with one attached hydrogen (secondary N) is 2. The first-order valence-corrected chi connectivity index (χ1v) is 16.4. The standard InChI is InChI=1S/C32H52N2O4/c35-29(37-31-17-23-11-24(18-31)13-25(12-23)19-31)33-9-7-5-3-1-2-4-6-8-10-34-30(36)38-32-20-26-14-27(21-32)16-28(15-26)22-32/h23-28H,1-22H2,(H,33,35)(H,34,36). The number of hydrogen-bond acceptors (Lipinski definition) is 4. The van der Waals surface area contributed by atoms with Crippen LogP contribution >= 0.6 is 0 Å². The molecule has 8 rings (SSSR count). The molecule has 8 saturated carbocycles. The molecule has 0 radical (unpaired) electrons. The molecular formula is C32H52N2O4. The van der Waals surface area contributed by atoms with Gasteiger partial charge in [-0.15, -0.1) is 0 Å². The van der Waals surface area contributed by atoms with Gasteiger partial charge in [-0.2, -0.15) is 0 Å². The first-order chi connectivity index (χ1) is 18.5. The lowest BCUT2D eigenvalue weighted by Gasteiger charge is -2.55. The highest BCUT2D eigenvalue weighted by molar-refractivity contribution is 5.68. The van der Waals surface area contributed by atoms with Crippen molar-refractivity contribution in [2.24, 2.45) is 35.5 Å². The van der Waals surface area contributed by atoms with Gasteiger partial charge >= 0.3 is 12.2 Å². The largest absolute Gasteiger partial charge is 0.443 e. The molecule has 2 N–H and O–H groups in total. The fourth-order valence-corrected chi connectivity index (χ4v) is 10.5. The van der Waals surface area contributed by atoms with Gasteiger partial charge in [-0.1, -0.05) is 38.5 Å². The zero-order valence-corrected chi connectivity index (χ0v) is 23.7. The zero-order valence-electron chi connectivity index (χ0n) is 23.7. The molecule has 0 aromatic carbocycles. The molecule has 0 atom stereocenters. The van der Waals surface area contributed by atoms with E-state index in [4.69, 9.17) is 9.47 Å². The Morgan fingerprint density at radius 3 is 1.03 bits per heavy atom. The van der Waals surface area contributed by atoms with Crippen molar-refractivity contribution in [2.45, 2.75) is 140 Å². The maximum Gasteiger partial charge on any atom is 0.407 e. The third-order valence-electron chi connectivity index (χ3n) is 11.2. The minimum absolute atomic E-state index is 0.136. The van der Waals surface area contributed by atoms with Crippen molar-refractivity contribution in [1.82, 2.24) is 10.6 Å². The van der Waals surface area contributed by atoms with Crippen molar-refractivity contribution < 1.29 is 19.1 Å². The lowest BCUT2D eigenvalue weighted by Crippen LogP contribution is -2.53. The van der Waals surface area contributed by atoms with Crippen LogP contribution in [-0.4, -0.2) is 36.5 Å². The smallest absolute Gasteiger partial charge is 0.407 e. The second kappa shape index (κ2) is 11.6. The molecule has 0 spiro atoms. The number of carbonyl (C=O) groups is 2. The Balaban J connectivity index is 0.738. The van der Waals surface area contributed by atoms with Crippen LogP contribution in [0.25, 0.3) is 0 Å². The first kappa shape index (κ1) is 26.7. The Bertz CT molecular complexity index is 703. The predicted octanol–water partition coefficient (Wildman–Crippen LogP) is 7.50. The Morgan fingerprint density at radius 2 is 0.737 bits per heavy atom. The Morgan fingerprint density at radius 1 is 0.474 bits per heavy atom. The normalized spacial score (nSPS) is 39.8. The summed E-state index contributed by atoms with van der Waals surface area (Å²) in [6.07, 6.45) is 23.8. The van der Waals surface area contributed by atoms with E-state index in [2.05, 4.69) is 10.6 Å². The monoisotopic (exact) mass is 528 g/mol. The van der Waals surface area contributed by atoms with Gasteiger partial charge < -0.3 is 20.1 Å². The summed E-state index contributed by atoms with van der Waals surface area (Å²) >= 11 is 0. The van der Waals surface area contributed by atoms with E-state index in [1.165, 1.54) is 64.2 Å². The number of hydrogen-bond donors (Lipinski definition) is 2. The van der Waals surface area contributed by atoms with Crippen LogP contribution < -0.4 is 10.6 Å². The highest BCUT2D eigenvalue weighted by Crippen LogP contribution is 2.58. The second-order valence-corrected chi connectivity index (χ2v) is 14.7. The van der Waals surface area contributed by atoms with E-state index in [9.17, 15) is 9.59 Å². The van der Waals surface area contributed by atoms with Crippen LogP contribution in [0.1, 0.15) is 128 Å². The fraction of sp³-hybridized carbons (Fsp3) is 0.938. The van der Waals surface area contributed by atoms with Gasteiger partial charge in [0.25, 0.3) is 0 Å². The molecule has 8 bridgehead atoms. The third kappa shape index (κ3) is 6.46. The molecule has 0 aliphatic heterocycles. The van der Waals surface area contributed by atoms with Crippen LogP contribution in [0.5, 0.6) is 0 Å². The van der Waals surface area contributed by atoms with E-state index in [0.717, 1.165) is 113 Å². The number of rotatable bonds is 13. The van der Waals surface area contributed by atoms with Crippen LogP contribution in [0.4, 0.5) is 9.59 Å². The first-order valence-electron chi connectivity index (χ1n) is 16.4. The summed E-state index contributed by atoms with van der Waals surface area (Å²) in [5.41, 5.74) is -0.272. The minimum atomic E-state index is -0.178. The third-order valence-corrected chi connectivity index (χ3v) is 11.2. The van der Waals surface area contributed by atoms with Crippen LogP contribution in [0.15, 0.2) is 0 Å². The Kier molecular flexibility index (Phi) is 8.14. The molecule has 0 aromatic heterocycles. The summed E-state index contributed by atoms with van der Waals surface area (Å²) in [6.45, 7) is 1.46. The number of unbranched alkanes of at least 4 members (excludes halogenated alkanes) is 7. The second-order valence-electron chi connectivity index (χ2n) is 14.7. The van der Waals surface area contributed by atoms with Crippen molar-refractivity contribution in [3.63, 3.8) is 0 Å². The van der Waals surface area contributed by atoms with E-state index < -0.39 is 0 Å². The van der Waals surface area contributed by atoms with Gasteiger partial charge in [0.1, 0.15) is 11.2 Å². The molecular weight excluding hydrogens is 476 g/mol. The molecule has 0 heterocycles. The van der Waals surface area contributed by atoms with Gasteiger partial charge in [-0.05, 0) is 125 Å². The summed E-state index contributed by atoms with van der Waals surface area (Å²) in [5.74, 6) is 4.82.